The van der Waals surface area contributed by atoms with Crippen LogP contribution in [0.4, 0.5) is 0 Å². The number of pyridine rings is 2. The van der Waals surface area contributed by atoms with Crippen molar-refractivity contribution in [3.05, 3.63) is 54.1 Å². The van der Waals surface area contributed by atoms with Crippen molar-refractivity contribution in [1.82, 2.24) is 15.3 Å². The number of nitrogens with one attached hydrogen (secondary N) is 1. The highest BCUT2D eigenvalue weighted by Crippen LogP contribution is 2.11. The number of ether oxygens (including phenoxy) is 1. The molecular weight excluding hydrogens is 238 g/mol. The molecule has 2 heterocycles. The third-order valence-corrected chi connectivity index (χ3v) is 2.64. The zero-order valence-corrected chi connectivity index (χ0v) is 11.2. The van der Waals surface area contributed by atoms with E-state index < -0.39 is 0 Å². The Morgan fingerprint density at radius 2 is 2.05 bits per heavy atom. The van der Waals surface area contributed by atoms with E-state index in [0.29, 0.717) is 6.61 Å². The molecule has 2 aromatic rings. The van der Waals surface area contributed by atoms with E-state index in [1.807, 2.05) is 30.3 Å². The second kappa shape index (κ2) is 7.48. The molecule has 100 valence electrons. The van der Waals surface area contributed by atoms with Crippen molar-refractivity contribution in [3.8, 4) is 5.75 Å². The molecule has 19 heavy (non-hydrogen) atoms. The molecule has 2 rings (SSSR count). The van der Waals surface area contributed by atoms with Crippen LogP contribution in [0, 0.1) is 0 Å². The molecule has 4 heteroatoms. The summed E-state index contributed by atoms with van der Waals surface area (Å²) in [6, 6.07) is 9.71. The van der Waals surface area contributed by atoms with Gasteiger partial charge < -0.3 is 10.1 Å². The molecule has 0 aliphatic rings. The Kier molecular flexibility index (Phi) is 5.31. The first-order chi connectivity index (χ1) is 9.38. The summed E-state index contributed by atoms with van der Waals surface area (Å²) in [7, 11) is 0. The van der Waals surface area contributed by atoms with Crippen LogP contribution in [-0.4, -0.2) is 16.5 Å². The molecule has 0 aliphatic heterocycles. The third kappa shape index (κ3) is 4.67. The van der Waals surface area contributed by atoms with Gasteiger partial charge in [0.15, 0.2) is 0 Å². The summed E-state index contributed by atoms with van der Waals surface area (Å²) in [6.07, 6.45) is 4.65. The van der Waals surface area contributed by atoms with Gasteiger partial charge in [-0.3, -0.25) is 9.97 Å². The van der Waals surface area contributed by atoms with Crippen molar-refractivity contribution in [2.45, 2.75) is 26.5 Å². The molecule has 2 aromatic heterocycles. The number of rotatable bonds is 7. The lowest BCUT2D eigenvalue weighted by molar-refractivity contribution is 0.300. The van der Waals surface area contributed by atoms with Crippen LogP contribution in [0.5, 0.6) is 5.75 Å². The average molecular weight is 257 g/mol. The molecule has 0 aromatic carbocycles. The Balaban J connectivity index is 1.81. The normalized spacial score (nSPS) is 10.4. The molecule has 0 bridgehead atoms. The van der Waals surface area contributed by atoms with Gasteiger partial charge in [-0.2, -0.15) is 0 Å². The van der Waals surface area contributed by atoms with Crippen LogP contribution in [0.25, 0.3) is 0 Å². The second-order valence-electron chi connectivity index (χ2n) is 4.27. The van der Waals surface area contributed by atoms with Gasteiger partial charge in [0.1, 0.15) is 12.4 Å². The van der Waals surface area contributed by atoms with Gasteiger partial charge in [0.25, 0.3) is 0 Å². The fraction of sp³-hybridized carbons (Fsp3) is 0.333. The minimum atomic E-state index is 0.468. The molecule has 0 saturated carbocycles. The van der Waals surface area contributed by atoms with E-state index in [4.69, 9.17) is 4.74 Å². The molecule has 0 saturated heterocycles. The maximum atomic E-state index is 5.63. The van der Waals surface area contributed by atoms with Crippen LogP contribution >= 0.6 is 0 Å². The Labute approximate surface area is 113 Å². The van der Waals surface area contributed by atoms with Crippen LogP contribution in [0.15, 0.2) is 42.7 Å². The number of nitrogens with zero attached hydrogens (tertiary/aromatic N) is 2. The lowest BCUT2D eigenvalue weighted by Gasteiger charge is -2.06. The van der Waals surface area contributed by atoms with Gasteiger partial charge in [-0.05, 0) is 37.2 Å². The van der Waals surface area contributed by atoms with Gasteiger partial charge in [0.05, 0.1) is 17.6 Å². The maximum absolute atomic E-state index is 5.63. The van der Waals surface area contributed by atoms with Crippen LogP contribution in [-0.2, 0) is 13.2 Å². The smallest absolute Gasteiger partial charge is 0.138 e. The fourth-order valence-electron chi connectivity index (χ4n) is 1.63. The van der Waals surface area contributed by atoms with Gasteiger partial charge in [0, 0.05) is 12.7 Å². The first-order valence-electron chi connectivity index (χ1n) is 6.57. The minimum absolute atomic E-state index is 0.468. The molecule has 1 N–H and O–H groups in total. The Hall–Kier alpha value is -1.94. The highest BCUT2D eigenvalue weighted by molar-refractivity contribution is 5.20. The monoisotopic (exact) mass is 257 g/mol. The van der Waals surface area contributed by atoms with Crippen molar-refractivity contribution in [1.29, 1.82) is 0 Å². The predicted molar refractivity (Wildman–Crippen MR) is 74.8 cm³/mol. The summed E-state index contributed by atoms with van der Waals surface area (Å²) in [5, 5.41) is 3.32. The number of hydrogen-bond acceptors (Lipinski definition) is 4. The van der Waals surface area contributed by atoms with Gasteiger partial charge in [-0.25, -0.2) is 0 Å². The van der Waals surface area contributed by atoms with E-state index >= 15 is 0 Å². The summed E-state index contributed by atoms with van der Waals surface area (Å²) in [5.41, 5.74) is 1.94. The maximum Gasteiger partial charge on any atom is 0.138 e. The van der Waals surface area contributed by atoms with Crippen LogP contribution in [0.3, 0.4) is 0 Å². The quantitative estimate of drug-likeness (QED) is 0.774. The van der Waals surface area contributed by atoms with E-state index in [1.165, 1.54) is 0 Å². The Morgan fingerprint density at radius 1 is 1.11 bits per heavy atom. The molecular formula is C15H19N3O. The topological polar surface area (TPSA) is 47.0 Å². The molecule has 0 unspecified atom stereocenters. The summed E-state index contributed by atoms with van der Waals surface area (Å²) in [4.78, 5) is 8.56. The lowest BCUT2D eigenvalue weighted by atomic mass is 10.3. The van der Waals surface area contributed by atoms with E-state index in [0.717, 1.165) is 36.6 Å². The Morgan fingerprint density at radius 3 is 2.74 bits per heavy atom. The van der Waals surface area contributed by atoms with Crippen molar-refractivity contribution < 1.29 is 4.74 Å². The van der Waals surface area contributed by atoms with Gasteiger partial charge >= 0.3 is 0 Å². The molecule has 0 radical (unpaired) electrons. The number of hydrogen-bond donors (Lipinski definition) is 1. The highest BCUT2D eigenvalue weighted by Gasteiger charge is 1.98. The van der Waals surface area contributed by atoms with E-state index in [-0.39, 0.29) is 0 Å². The van der Waals surface area contributed by atoms with E-state index in [2.05, 4.69) is 22.2 Å². The molecule has 0 atom stereocenters. The first-order valence-corrected chi connectivity index (χ1v) is 6.57. The predicted octanol–water partition coefficient (Wildman–Crippen LogP) is 2.56. The molecule has 0 aliphatic carbocycles. The first kappa shape index (κ1) is 13.5. The molecule has 0 amide bonds. The molecule has 4 nitrogen and oxygen atoms in total. The van der Waals surface area contributed by atoms with Gasteiger partial charge in [-0.15, -0.1) is 0 Å². The molecule has 0 fully saturated rings. The van der Waals surface area contributed by atoms with Gasteiger partial charge in [-0.1, -0.05) is 13.0 Å². The largest absolute Gasteiger partial charge is 0.486 e. The highest BCUT2D eigenvalue weighted by atomic mass is 16.5. The zero-order chi connectivity index (χ0) is 13.3. The second-order valence-corrected chi connectivity index (χ2v) is 4.27. The SMILES string of the molecule is CCCNCc1ccc(OCc2ccccn2)cn1. The lowest BCUT2D eigenvalue weighted by Crippen LogP contribution is -2.14. The summed E-state index contributed by atoms with van der Waals surface area (Å²) < 4.78 is 5.63. The number of aromatic nitrogens is 2. The third-order valence-electron chi connectivity index (χ3n) is 2.64. The van der Waals surface area contributed by atoms with Crippen LogP contribution < -0.4 is 10.1 Å². The van der Waals surface area contributed by atoms with Crippen molar-refractivity contribution in [2.24, 2.45) is 0 Å². The average Bonchev–Trinajstić information content (AvgIpc) is 2.48. The van der Waals surface area contributed by atoms with Crippen LogP contribution in [0.2, 0.25) is 0 Å². The van der Waals surface area contributed by atoms with Crippen molar-refractivity contribution in [3.63, 3.8) is 0 Å². The Bertz CT molecular complexity index is 471. The zero-order valence-electron chi connectivity index (χ0n) is 11.2. The van der Waals surface area contributed by atoms with E-state index in [9.17, 15) is 0 Å². The summed E-state index contributed by atoms with van der Waals surface area (Å²) in [5.74, 6) is 0.768. The fourth-order valence-corrected chi connectivity index (χ4v) is 1.63. The van der Waals surface area contributed by atoms with E-state index in [1.54, 1.807) is 12.4 Å². The summed E-state index contributed by atoms with van der Waals surface area (Å²) >= 11 is 0. The standard InChI is InChI=1S/C15H19N3O/c1-2-8-16-10-13-6-7-15(11-18-13)19-12-14-5-3-4-9-17-14/h3-7,9,11,16H,2,8,10,12H2,1H3. The van der Waals surface area contributed by atoms with Crippen molar-refractivity contribution in [2.75, 3.05) is 6.54 Å². The van der Waals surface area contributed by atoms with Crippen molar-refractivity contribution >= 4 is 0 Å². The summed E-state index contributed by atoms with van der Waals surface area (Å²) in [6.45, 7) is 4.43. The van der Waals surface area contributed by atoms with Crippen LogP contribution in [0.1, 0.15) is 24.7 Å². The minimum Gasteiger partial charge on any atom is -0.486 e. The van der Waals surface area contributed by atoms with Gasteiger partial charge in [0.2, 0.25) is 0 Å². The molecule has 0 spiro atoms.